The van der Waals surface area contributed by atoms with Gasteiger partial charge in [0.1, 0.15) is 12.1 Å². The van der Waals surface area contributed by atoms with Crippen molar-refractivity contribution in [3.63, 3.8) is 0 Å². The van der Waals surface area contributed by atoms with E-state index in [4.69, 9.17) is 16.6 Å². The van der Waals surface area contributed by atoms with Crippen LogP contribution in [0.1, 0.15) is 18.4 Å². The molecule has 0 spiro atoms. The van der Waals surface area contributed by atoms with E-state index in [-0.39, 0.29) is 25.0 Å². The Morgan fingerprint density at radius 1 is 1.04 bits per heavy atom. The zero-order valence-corrected chi connectivity index (χ0v) is 15.5. The summed E-state index contributed by atoms with van der Waals surface area (Å²) in [5, 5.41) is 13.9. The molecule has 3 atom stereocenters. The fourth-order valence-corrected chi connectivity index (χ4v) is 2.47. The van der Waals surface area contributed by atoms with Gasteiger partial charge in [0.15, 0.2) is 0 Å². The Balaban J connectivity index is 2.86. The van der Waals surface area contributed by atoms with Crippen molar-refractivity contribution in [3.05, 3.63) is 35.9 Å². The van der Waals surface area contributed by atoms with Gasteiger partial charge in [-0.2, -0.15) is 12.6 Å². The fraction of sp³-hybridized carbons (Fsp3) is 0.412. The second kappa shape index (κ2) is 11.2. The highest BCUT2D eigenvalue weighted by atomic mass is 32.1. The third kappa shape index (κ3) is 8.09. The summed E-state index contributed by atoms with van der Waals surface area (Å²) in [6.45, 7) is 0. The van der Waals surface area contributed by atoms with E-state index in [2.05, 4.69) is 23.3 Å². The number of carbonyl (C=O) groups excluding carboxylic acids is 3. The number of hydrogen-bond donors (Lipinski definition) is 6. The van der Waals surface area contributed by atoms with Crippen molar-refractivity contribution >= 4 is 36.3 Å². The van der Waals surface area contributed by atoms with Crippen LogP contribution in [-0.2, 0) is 25.6 Å². The molecule has 3 amide bonds. The molecule has 1 rings (SSSR count). The Hall–Kier alpha value is -2.59. The van der Waals surface area contributed by atoms with E-state index < -0.39 is 41.8 Å². The summed E-state index contributed by atoms with van der Waals surface area (Å²) in [5.41, 5.74) is 11.5. The second-order valence-electron chi connectivity index (χ2n) is 5.94. The van der Waals surface area contributed by atoms with Crippen molar-refractivity contribution < 1.29 is 24.3 Å². The Bertz CT molecular complexity index is 671. The molecule has 0 heterocycles. The van der Waals surface area contributed by atoms with Gasteiger partial charge in [-0.3, -0.25) is 14.4 Å². The SMILES string of the molecule is NC(=O)CC[C@H](N)C(=O)N[C@@H](Cc1ccccc1)C(=O)N[C@H](CS)C(=O)O. The van der Waals surface area contributed by atoms with Crippen molar-refractivity contribution in [1.29, 1.82) is 0 Å². The van der Waals surface area contributed by atoms with E-state index in [0.29, 0.717) is 0 Å². The van der Waals surface area contributed by atoms with Gasteiger partial charge >= 0.3 is 5.97 Å². The summed E-state index contributed by atoms with van der Waals surface area (Å²) in [6.07, 6.45) is 0.111. The summed E-state index contributed by atoms with van der Waals surface area (Å²) in [4.78, 5) is 46.7. The van der Waals surface area contributed by atoms with Crippen molar-refractivity contribution in [3.8, 4) is 0 Å². The van der Waals surface area contributed by atoms with Crippen molar-refractivity contribution in [2.45, 2.75) is 37.4 Å². The number of carboxylic acid groups (broad SMARTS) is 1. The molecule has 7 N–H and O–H groups in total. The number of aliphatic carboxylic acids is 1. The summed E-state index contributed by atoms with van der Waals surface area (Å²) in [7, 11) is 0. The predicted octanol–water partition coefficient (Wildman–Crippen LogP) is -1.19. The standard InChI is InChI=1S/C17H24N4O5S/c18-11(6-7-14(19)22)15(23)20-12(8-10-4-2-1-3-5-10)16(24)21-13(9-27)17(25)26/h1-5,11-13,27H,6-9,18H2,(H2,19,22)(H,20,23)(H,21,24)(H,25,26)/t11-,12-,13+/m0/s1. The Kier molecular flexibility index (Phi) is 9.31. The highest BCUT2D eigenvalue weighted by molar-refractivity contribution is 7.80. The number of nitrogens with one attached hydrogen (secondary N) is 2. The molecule has 27 heavy (non-hydrogen) atoms. The van der Waals surface area contributed by atoms with Crippen LogP contribution < -0.4 is 22.1 Å². The Morgan fingerprint density at radius 3 is 2.15 bits per heavy atom. The molecule has 0 unspecified atom stereocenters. The summed E-state index contributed by atoms with van der Waals surface area (Å²) in [5.74, 6) is -3.23. The molecule has 1 aromatic carbocycles. The highest BCUT2D eigenvalue weighted by Gasteiger charge is 2.27. The molecule has 10 heteroatoms. The number of carboxylic acids is 1. The van der Waals surface area contributed by atoms with Crippen LogP contribution in [0.3, 0.4) is 0 Å². The van der Waals surface area contributed by atoms with E-state index in [1.54, 1.807) is 30.3 Å². The van der Waals surface area contributed by atoms with Gasteiger partial charge in [-0.1, -0.05) is 30.3 Å². The van der Waals surface area contributed by atoms with Gasteiger partial charge in [0.05, 0.1) is 6.04 Å². The zero-order chi connectivity index (χ0) is 20.4. The molecule has 0 fully saturated rings. The van der Waals surface area contributed by atoms with Crippen molar-refractivity contribution in [2.24, 2.45) is 11.5 Å². The van der Waals surface area contributed by atoms with Crippen LogP contribution in [0.4, 0.5) is 0 Å². The topological polar surface area (TPSA) is 165 Å². The van der Waals surface area contributed by atoms with Crippen molar-refractivity contribution in [1.82, 2.24) is 10.6 Å². The number of rotatable bonds is 11. The largest absolute Gasteiger partial charge is 0.480 e. The van der Waals surface area contributed by atoms with Crippen molar-refractivity contribution in [2.75, 3.05) is 5.75 Å². The molecule has 0 aromatic heterocycles. The van der Waals surface area contributed by atoms with E-state index in [1.165, 1.54) is 0 Å². The van der Waals surface area contributed by atoms with Crippen LogP contribution in [-0.4, -0.2) is 52.7 Å². The molecule has 0 saturated carbocycles. The minimum absolute atomic E-state index is 0.0369. The maximum Gasteiger partial charge on any atom is 0.327 e. The van der Waals surface area contributed by atoms with E-state index in [9.17, 15) is 19.2 Å². The molecule has 0 saturated heterocycles. The zero-order valence-electron chi connectivity index (χ0n) is 14.6. The van der Waals surface area contributed by atoms with Gasteiger partial charge in [0, 0.05) is 18.6 Å². The lowest BCUT2D eigenvalue weighted by Gasteiger charge is -2.22. The lowest BCUT2D eigenvalue weighted by atomic mass is 10.0. The highest BCUT2D eigenvalue weighted by Crippen LogP contribution is 2.05. The molecule has 0 radical (unpaired) electrons. The first-order valence-corrected chi connectivity index (χ1v) is 8.90. The molecule has 0 aliphatic rings. The molecular weight excluding hydrogens is 372 g/mol. The van der Waals surface area contributed by atoms with Crippen LogP contribution in [0, 0.1) is 0 Å². The van der Waals surface area contributed by atoms with Gasteiger partial charge in [0.2, 0.25) is 17.7 Å². The average Bonchev–Trinajstić information content (AvgIpc) is 2.63. The first kappa shape index (κ1) is 22.5. The number of amides is 3. The first-order valence-electron chi connectivity index (χ1n) is 8.26. The van der Waals surface area contributed by atoms with Gasteiger partial charge in [-0.15, -0.1) is 0 Å². The Morgan fingerprint density at radius 2 is 1.63 bits per heavy atom. The number of primary amides is 1. The number of benzene rings is 1. The number of nitrogens with two attached hydrogens (primary N) is 2. The maximum atomic E-state index is 12.5. The van der Waals surface area contributed by atoms with Crippen LogP contribution in [0.15, 0.2) is 30.3 Å². The molecular formula is C17H24N4O5S. The Labute approximate surface area is 162 Å². The summed E-state index contributed by atoms with van der Waals surface area (Å²) < 4.78 is 0. The third-order valence-electron chi connectivity index (χ3n) is 3.75. The number of thiol groups is 1. The molecule has 0 bridgehead atoms. The lowest BCUT2D eigenvalue weighted by Crippen LogP contribution is -2.55. The first-order chi connectivity index (χ1) is 12.7. The van der Waals surface area contributed by atoms with Crippen LogP contribution in [0.2, 0.25) is 0 Å². The van der Waals surface area contributed by atoms with Gasteiger partial charge in [-0.25, -0.2) is 4.79 Å². The van der Waals surface area contributed by atoms with E-state index in [0.717, 1.165) is 5.56 Å². The molecule has 9 nitrogen and oxygen atoms in total. The van der Waals surface area contributed by atoms with E-state index >= 15 is 0 Å². The normalized spacial score (nSPS) is 13.9. The van der Waals surface area contributed by atoms with Gasteiger partial charge < -0.3 is 27.2 Å². The second-order valence-corrected chi connectivity index (χ2v) is 6.31. The molecule has 1 aromatic rings. The van der Waals surface area contributed by atoms with Gasteiger partial charge in [0.25, 0.3) is 0 Å². The quantitative estimate of drug-likeness (QED) is 0.257. The summed E-state index contributed by atoms with van der Waals surface area (Å²) in [6, 6.07) is 5.64. The smallest absolute Gasteiger partial charge is 0.327 e. The maximum absolute atomic E-state index is 12.5. The van der Waals surface area contributed by atoms with E-state index in [1.807, 2.05) is 0 Å². The van der Waals surface area contributed by atoms with Crippen LogP contribution >= 0.6 is 12.6 Å². The fourth-order valence-electron chi connectivity index (χ4n) is 2.22. The minimum Gasteiger partial charge on any atom is -0.480 e. The molecule has 0 aliphatic carbocycles. The van der Waals surface area contributed by atoms with Crippen LogP contribution in [0.5, 0.6) is 0 Å². The monoisotopic (exact) mass is 396 g/mol. The lowest BCUT2D eigenvalue weighted by molar-refractivity contribution is -0.141. The molecule has 148 valence electrons. The average molecular weight is 396 g/mol. The number of hydrogen-bond acceptors (Lipinski definition) is 6. The summed E-state index contributed by atoms with van der Waals surface area (Å²) >= 11 is 3.90. The predicted molar refractivity (Wildman–Crippen MR) is 102 cm³/mol. The molecule has 0 aliphatic heterocycles. The minimum atomic E-state index is -1.23. The van der Waals surface area contributed by atoms with Gasteiger partial charge in [-0.05, 0) is 12.0 Å². The number of carbonyl (C=O) groups is 4. The third-order valence-corrected chi connectivity index (χ3v) is 4.12. The van der Waals surface area contributed by atoms with Crippen LogP contribution in [0.25, 0.3) is 0 Å².